The fourth-order valence-corrected chi connectivity index (χ4v) is 6.39. The van der Waals surface area contributed by atoms with E-state index in [2.05, 4.69) is 13.8 Å². The van der Waals surface area contributed by atoms with Crippen molar-refractivity contribution in [1.29, 1.82) is 0 Å². The highest BCUT2D eigenvalue weighted by Crippen LogP contribution is 2.13. The van der Waals surface area contributed by atoms with Crippen molar-refractivity contribution in [3.8, 4) is 0 Å². The molecular weight excluding hydrogens is 753 g/mol. The van der Waals surface area contributed by atoms with Crippen LogP contribution in [0.15, 0.2) is 0 Å². The fraction of sp³-hybridized carbons (Fsp3) is 1.00. The van der Waals surface area contributed by atoms with E-state index in [1.165, 1.54) is 141 Å². The Morgan fingerprint density at radius 2 is 0.254 bits per heavy atom. The maximum atomic E-state index is 5.68. The minimum Gasteiger partial charge on any atom is -0.379 e. The minimum absolute atomic E-state index is 0.529. The summed E-state index contributed by atoms with van der Waals surface area (Å²) in [6.45, 7) is 17.5. The lowest BCUT2D eigenvalue weighted by molar-refractivity contribution is -0.0275. The topological polar surface area (TPSA) is 102 Å². The van der Waals surface area contributed by atoms with Crippen molar-refractivity contribution in [2.24, 2.45) is 0 Å². The molecule has 0 aromatic heterocycles. The van der Waals surface area contributed by atoms with Crippen LogP contribution in [-0.4, -0.2) is 145 Å². The third-order valence-corrected chi connectivity index (χ3v) is 10.0. The Balaban J connectivity index is 3.06. The van der Waals surface area contributed by atoms with E-state index in [0.717, 1.165) is 26.1 Å². The van der Waals surface area contributed by atoms with E-state index in [-0.39, 0.29) is 0 Å². The number of hydrogen-bond donors (Lipinski definition) is 0. The van der Waals surface area contributed by atoms with Gasteiger partial charge in [0.2, 0.25) is 0 Å². The summed E-state index contributed by atoms with van der Waals surface area (Å²) < 4.78 is 61.3. The van der Waals surface area contributed by atoms with E-state index in [0.29, 0.717) is 132 Å². The summed E-state index contributed by atoms with van der Waals surface area (Å²) >= 11 is 0. The maximum Gasteiger partial charge on any atom is 0.0701 e. The van der Waals surface area contributed by atoms with Crippen LogP contribution in [0.1, 0.15) is 168 Å². The van der Waals surface area contributed by atoms with Gasteiger partial charge in [0.25, 0.3) is 0 Å². The van der Waals surface area contributed by atoms with Crippen molar-refractivity contribution in [3.05, 3.63) is 0 Å². The maximum absolute atomic E-state index is 5.68. The van der Waals surface area contributed by atoms with Crippen LogP contribution in [-0.2, 0) is 52.1 Å². The van der Waals surface area contributed by atoms with Gasteiger partial charge >= 0.3 is 0 Å². The molecule has 0 aliphatic rings. The number of ether oxygens (including phenoxy) is 11. The molecule has 0 amide bonds. The zero-order chi connectivity index (χ0) is 42.3. The predicted octanol–water partition coefficient (Wildman–Crippen LogP) is 10.6. The van der Waals surface area contributed by atoms with E-state index < -0.39 is 0 Å². The molecule has 0 aliphatic carbocycles. The van der Waals surface area contributed by atoms with E-state index >= 15 is 0 Å². The van der Waals surface area contributed by atoms with Gasteiger partial charge in [0, 0.05) is 13.2 Å². The van der Waals surface area contributed by atoms with Crippen molar-refractivity contribution >= 4 is 0 Å². The standard InChI is InChI=1S/C48H98O11/c1-3-5-7-9-11-13-15-17-19-21-23-25-27-49-29-31-51-33-35-53-37-39-55-41-43-57-45-47-59-48-46-58-44-42-56-40-38-54-36-34-52-32-30-50-28-26-24-22-20-18-16-14-12-10-8-6-4-2/h3-48H2,1-2H3. The molecule has 0 N–H and O–H groups in total. The second-order valence-electron chi connectivity index (χ2n) is 15.5. The quantitative estimate of drug-likeness (QED) is 0.0547. The molecule has 0 atom stereocenters. The van der Waals surface area contributed by atoms with E-state index in [1.54, 1.807) is 0 Å². The molecule has 11 nitrogen and oxygen atoms in total. The van der Waals surface area contributed by atoms with Crippen LogP contribution in [0.4, 0.5) is 0 Å². The lowest BCUT2D eigenvalue weighted by Gasteiger charge is -2.09. The van der Waals surface area contributed by atoms with Gasteiger partial charge in [-0.1, -0.05) is 155 Å². The van der Waals surface area contributed by atoms with Crippen LogP contribution < -0.4 is 0 Å². The second kappa shape index (κ2) is 57.6. The lowest BCUT2D eigenvalue weighted by atomic mass is 10.1. The first kappa shape index (κ1) is 58.6. The SMILES string of the molecule is CCCCCCCCCCCCCCOCCOCCOCCOCCOCCOCCOCCOCCOCCOCCOCCCCCCCCCCCCCC. The van der Waals surface area contributed by atoms with Crippen molar-refractivity contribution in [1.82, 2.24) is 0 Å². The van der Waals surface area contributed by atoms with E-state index in [9.17, 15) is 0 Å². The third-order valence-electron chi connectivity index (χ3n) is 10.0. The van der Waals surface area contributed by atoms with Gasteiger partial charge in [-0.2, -0.15) is 0 Å². The Morgan fingerprint density at radius 3 is 0.407 bits per heavy atom. The number of rotatable bonds is 56. The highest BCUT2D eigenvalue weighted by molar-refractivity contribution is 4.50. The Kier molecular flexibility index (Phi) is 57.1. The smallest absolute Gasteiger partial charge is 0.0701 e. The number of unbranched alkanes of at least 4 members (excludes halogenated alkanes) is 22. The van der Waals surface area contributed by atoms with Gasteiger partial charge in [0.1, 0.15) is 0 Å². The first-order chi connectivity index (χ1) is 29.4. The molecule has 11 heteroatoms. The molecule has 0 unspecified atom stereocenters. The van der Waals surface area contributed by atoms with Gasteiger partial charge in [0.15, 0.2) is 0 Å². The average molecular weight is 851 g/mol. The van der Waals surface area contributed by atoms with Crippen molar-refractivity contribution in [2.75, 3.05) is 145 Å². The summed E-state index contributed by atoms with van der Waals surface area (Å²) in [6, 6.07) is 0. The second-order valence-corrected chi connectivity index (χ2v) is 15.5. The van der Waals surface area contributed by atoms with E-state index in [4.69, 9.17) is 52.1 Å². The van der Waals surface area contributed by atoms with Gasteiger partial charge in [-0.05, 0) is 12.8 Å². The Morgan fingerprint density at radius 1 is 0.136 bits per heavy atom. The summed E-state index contributed by atoms with van der Waals surface area (Å²) in [6.07, 6.45) is 32.7. The zero-order valence-electron chi connectivity index (χ0n) is 39.0. The normalized spacial score (nSPS) is 11.7. The van der Waals surface area contributed by atoms with E-state index in [1.807, 2.05) is 0 Å². The molecule has 0 aliphatic heterocycles. The van der Waals surface area contributed by atoms with Crippen LogP contribution in [0, 0.1) is 0 Å². The first-order valence-corrected chi connectivity index (χ1v) is 24.8. The molecule has 0 aromatic carbocycles. The fourth-order valence-electron chi connectivity index (χ4n) is 6.39. The van der Waals surface area contributed by atoms with Crippen LogP contribution in [0.25, 0.3) is 0 Å². The van der Waals surface area contributed by atoms with Crippen molar-refractivity contribution < 1.29 is 52.1 Å². The van der Waals surface area contributed by atoms with Gasteiger partial charge in [-0.15, -0.1) is 0 Å². The summed E-state index contributed by atoms with van der Waals surface area (Å²) in [4.78, 5) is 0. The van der Waals surface area contributed by atoms with Crippen molar-refractivity contribution in [2.45, 2.75) is 168 Å². The Labute approximate surface area is 364 Å². The Hall–Kier alpha value is -0.440. The monoisotopic (exact) mass is 851 g/mol. The average Bonchev–Trinajstić information content (AvgIpc) is 3.25. The Bertz CT molecular complexity index is 650. The first-order valence-electron chi connectivity index (χ1n) is 24.8. The molecule has 0 bridgehead atoms. The summed E-state index contributed by atoms with van der Waals surface area (Å²) in [7, 11) is 0. The largest absolute Gasteiger partial charge is 0.379 e. The molecule has 356 valence electrons. The molecule has 0 fully saturated rings. The molecule has 0 saturated heterocycles. The molecule has 0 saturated carbocycles. The van der Waals surface area contributed by atoms with Crippen LogP contribution in [0.3, 0.4) is 0 Å². The molecule has 0 radical (unpaired) electrons. The molecule has 0 heterocycles. The van der Waals surface area contributed by atoms with Gasteiger partial charge in [0.05, 0.1) is 132 Å². The van der Waals surface area contributed by atoms with Crippen LogP contribution in [0.5, 0.6) is 0 Å². The number of hydrogen-bond acceptors (Lipinski definition) is 11. The highest BCUT2D eigenvalue weighted by atomic mass is 16.6. The van der Waals surface area contributed by atoms with Gasteiger partial charge < -0.3 is 52.1 Å². The molecule has 0 rings (SSSR count). The van der Waals surface area contributed by atoms with Crippen molar-refractivity contribution in [3.63, 3.8) is 0 Å². The van der Waals surface area contributed by atoms with Gasteiger partial charge in [-0.3, -0.25) is 0 Å². The summed E-state index contributed by atoms with van der Waals surface area (Å²) in [5, 5.41) is 0. The molecule has 0 aromatic rings. The molecule has 0 spiro atoms. The summed E-state index contributed by atoms with van der Waals surface area (Å²) in [5.74, 6) is 0. The summed E-state index contributed by atoms with van der Waals surface area (Å²) in [5.41, 5.74) is 0. The highest BCUT2D eigenvalue weighted by Gasteiger charge is 1.99. The third kappa shape index (κ3) is 57.6. The predicted molar refractivity (Wildman–Crippen MR) is 241 cm³/mol. The molecular formula is C48H98O11. The van der Waals surface area contributed by atoms with Crippen LogP contribution in [0.2, 0.25) is 0 Å². The zero-order valence-corrected chi connectivity index (χ0v) is 39.0. The van der Waals surface area contributed by atoms with Gasteiger partial charge in [-0.25, -0.2) is 0 Å². The minimum atomic E-state index is 0.529. The lowest BCUT2D eigenvalue weighted by Crippen LogP contribution is -2.15. The molecule has 59 heavy (non-hydrogen) atoms. The van der Waals surface area contributed by atoms with Crippen LogP contribution >= 0.6 is 0 Å².